The van der Waals surface area contributed by atoms with Gasteiger partial charge in [-0.15, -0.1) is 0 Å². The second kappa shape index (κ2) is 5.34. The normalized spacial score (nSPS) is 40.3. The van der Waals surface area contributed by atoms with Gasteiger partial charge in [-0.3, -0.25) is 4.79 Å². The molecule has 0 heterocycles. The molecule has 0 radical (unpaired) electrons. The van der Waals surface area contributed by atoms with Gasteiger partial charge in [0.15, 0.2) is 5.41 Å². The molecule has 2 fully saturated rings. The first-order valence-electron chi connectivity index (χ1n) is 8.02. The second-order valence-corrected chi connectivity index (χ2v) is 7.86. The van der Waals surface area contributed by atoms with Crippen LogP contribution in [0.4, 0.5) is 13.2 Å². The maximum Gasteiger partial charge on any atom is 0.404 e. The fourth-order valence-electron chi connectivity index (χ4n) is 4.18. The minimum Gasteiger partial charge on any atom is -0.458 e. The van der Waals surface area contributed by atoms with Crippen molar-refractivity contribution in [3.8, 4) is 0 Å². The topological polar surface area (TPSA) is 66.8 Å². The molecule has 2 saturated carbocycles. The zero-order chi connectivity index (χ0) is 17.7. The molecule has 0 aromatic rings. The molecule has 0 amide bonds. The molecule has 4 nitrogen and oxygen atoms in total. The van der Waals surface area contributed by atoms with Gasteiger partial charge in [0, 0.05) is 19.3 Å². The average molecular weight is 338 g/mol. The minimum absolute atomic E-state index is 0.0473. The highest BCUT2D eigenvalue weighted by molar-refractivity contribution is 5.78. The zero-order valence-electron chi connectivity index (χ0n) is 13.8. The van der Waals surface area contributed by atoms with Crippen molar-refractivity contribution in [2.45, 2.75) is 88.7 Å². The molecule has 134 valence electrons. The van der Waals surface area contributed by atoms with Gasteiger partial charge in [0.05, 0.1) is 11.2 Å². The van der Waals surface area contributed by atoms with Crippen molar-refractivity contribution in [3.63, 3.8) is 0 Å². The fourth-order valence-corrected chi connectivity index (χ4v) is 4.18. The van der Waals surface area contributed by atoms with Gasteiger partial charge in [0.1, 0.15) is 5.60 Å². The van der Waals surface area contributed by atoms with Crippen LogP contribution < -0.4 is 0 Å². The molecule has 0 aliphatic heterocycles. The monoisotopic (exact) mass is 338 g/mol. The van der Waals surface area contributed by atoms with Crippen LogP contribution in [0.5, 0.6) is 0 Å². The van der Waals surface area contributed by atoms with Crippen LogP contribution in [-0.4, -0.2) is 39.2 Å². The molecular formula is C16H25F3O4. The van der Waals surface area contributed by atoms with Gasteiger partial charge in [0.25, 0.3) is 0 Å². The lowest BCUT2D eigenvalue weighted by atomic mass is 9.61. The van der Waals surface area contributed by atoms with E-state index in [-0.39, 0.29) is 19.3 Å². The molecule has 0 aromatic heterocycles. The van der Waals surface area contributed by atoms with Crippen molar-refractivity contribution in [2.24, 2.45) is 5.41 Å². The number of carbonyl (C=O) groups is 1. The molecule has 23 heavy (non-hydrogen) atoms. The number of esters is 1. The SMILES string of the molecule is CCC(C)(C(=O)OC12CCCC(O)(CC(C)(O)C1)C2)C(F)(F)F. The average Bonchev–Trinajstić information content (AvgIpc) is 2.32. The number of carbonyl (C=O) groups excluding carboxylic acids is 1. The van der Waals surface area contributed by atoms with Crippen LogP contribution in [0.3, 0.4) is 0 Å². The molecule has 2 rings (SSSR count). The van der Waals surface area contributed by atoms with E-state index in [1.54, 1.807) is 0 Å². The largest absolute Gasteiger partial charge is 0.458 e. The molecule has 4 atom stereocenters. The molecule has 0 aromatic carbocycles. The summed E-state index contributed by atoms with van der Waals surface area (Å²) in [5.41, 5.74) is -6.27. The molecule has 2 N–H and O–H groups in total. The van der Waals surface area contributed by atoms with Crippen LogP contribution >= 0.6 is 0 Å². The lowest BCUT2D eigenvalue weighted by Crippen LogP contribution is -2.60. The molecular weight excluding hydrogens is 313 g/mol. The summed E-state index contributed by atoms with van der Waals surface area (Å²) in [5, 5.41) is 20.9. The van der Waals surface area contributed by atoms with E-state index in [1.807, 2.05) is 0 Å². The molecule has 7 heteroatoms. The third-order valence-corrected chi connectivity index (χ3v) is 5.43. The van der Waals surface area contributed by atoms with Gasteiger partial charge in [-0.2, -0.15) is 13.2 Å². The Morgan fingerprint density at radius 3 is 2.30 bits per heavy atom. The quantitative estimate of drug-likeness (QED) is 0.776. The van der Waals surface area contributed by atoms with Crippen molar-refractivity contribution >= 4 is 5.97 Å². The van der Waals surface area contributed by atoms with E-state index >= 15 is 0 Å². The second-order valence-electron chi connectivity index (χ2n) is 7.86. The number of aliphatic hydroxyl groups is 2. The first kappa shape index (κ1) is 18.5. The summed E-state index contributed by atoms with van der Waals surface area (Å²) in [6, 6.07) is 0. The van der Waals surface area contributed by atoms with Gasteiger partial charge in [-0.25, -0.2) is 0 Å². The summed E-state index contributed by atoms with van der Waals surface area (Å²) in [6.07, 6.45) is -3.51. The number of halogens is 3. The zero-order valence-corrected chi connectivity index (χ0v) is 13.8. The van der Waals surface area contributed by atoms with E-state index in [2.05, 4.69) is 0 Å². The Bertz CT molecular complexity index is 486. The molecule has 2 aliphatic rings. The predicted octanol–water partition coefficient (Wildman–Crippen LogP) is 3.10. The lowest BCUT2D eigenvalue weighted by molar-refractivity contribution is -0.254. The molecule has 0 saturated heterocycles. The van der Waals surface area contributed by atoms with Crippen LogP contribution in [0, 0.1) is 5.41 Å². The van der Waals surface area contributed by atoms with Gasteiger partial charge in [-0.1, -0.05) is 6.92 Å². The Morgan fingerprint density at radius 2 is 1.78 bits per heavy atom. The number of fused-ring (bicyclic) bond motifs is 2. The van der Waals surface area contributed by atoms with Crippen LogP contribution in [-0.2, 0) is 9.53 Å². The fraction of sp³-hybridized carbons (Fsp3) is 0.938. The Morgan fingerprint density at radius 1 is 1.17 bits per heavy atom. The van der Waals surface area contributed by atoms with Gasteiger partial charge in [-0.05, 0) is 39.5 Å². The maximum atomic E-state index is 13.3. The van der Waals surface area contributed by atoms with E-state index in [0.717, 1.165) is 6.92 Å². The highest BCUT2D eigenvalue weighted by Crippen LogP contribution is 2.52. The maximum absolute atomic E-state index is 13.3. The van der Waals surface area contributed by atoms with Crippen LogP contribution in [0.25, 0.3) is 0 Å². The van der Waals surface area contributed by atoms with Crippen molar-refractivity contribution in [2.75, 3.05) is 0 Å². The third kappa shape index (κ3) is 3.36. The van der Waals surface area contributed by atoms with E-state index in [4.69, 9.17) is 4.74 Å². The van der Waals surface area contributed by atoms with E-state index in [0.29, 0.717) is 19.3 Å². The van der Waals surface area contributed by atoms with Gasteiger partial charge < -0.3 is 14.9 Å². The molecule has 0 spiro atoms. The first-order chi connectivity index (χ1) is 10.3. The smallest absolute Gasteiger partial charge is 0.404 e. The van der Waals surface area contributed by atoms with E-state index in [9.17, 15) is 28.2 Å². The van der Waals surface area contributed by atoms with Crippen molar-refractivity contribution in [1.29, 1.82) is 0 Å². The molecule has 2 bridgehead atoms. The predicted molar refractivity (Wildman–Crippen MR) is 76.6 cm³/mol. The minimum atomic E-state index is -4.71. The Hall–Kier alpha value is -0.820. The van der Waals surface area contributed by atoms with Gasteiger partial charge >= 0.3 is 12.1 Å². The van der Waals surface area contributed by atoms with Crippen molar-refractivity contribution < 1.29 is 32.9 Å². The van der Waals surface area contributed by atoms with Gasteiger partial charge in [0.2, 0.25) is 0 Å². The summed E-state index contributed by atoms with van der Waals surface area (Å²) in [5.74, 6) is -1.32. The van der Waals surface area contributed by atoms with E-state index in [1.165, 1.54) is 13.8 Å². The van der Waals surface area contributed by atoms with Crippen molar-refractivity contribution in [3.05, 3.63) is 0 Å². The number of hydrogen-bond acceptors (Lipinski definition) is 4. The Labute approximate surface area is 134 Å². The van der Waals surface area contributed by atoms with Crippen LogP contribution in [0.15, 0.2) is 0 Å². The molecule has 2 aliphatic carbocycles. The van der Waals surface area contributed by atoms with Crippen LogP contribution in [0.2, 0.25) is 0 Å². The third-order valence-electron chi connectivity index (χ3n) is 5.43. The summed E-state index contributed by atoms with van der Waals surface area (Å²) >= 11 is 0. The summed E-state index contributed by atoms with van der Waals surface area (Å²) in [7, 11) is 0. The number of rotatable bonds is 3. The number of hydrogen-bond donors (Lipinski definition) is 2. The number of alkyl halides is 3. The van der Waals surface area contributed by atoms with Crippen molar-refractivity contribution in [1.82, 2.24) is 0 Å². The standard InChI is InChI=1S/C16H25F3O4/c1-4-13(3,16(17,18)19)11(20)23-15-7-5-6-14(22,10-15)8-12(2,21)9-15/h21-22H,4-10H2,1-3H3. The molecule has 4 unspecified atom stereocenters. The summed E-state index contributed by atoms with van der Waals surface area (Å²) < 4.78 is 45.1. The lowest BCUT2D eigenvalue weighted by Gasteiger charge is -2.54. The summed E-state index contributed by atoms with van der Waals surface area (Å²) in [6.45, 7) is 3.65. The Kier molecular flexibility index (Phi) is 4.30. The first-order valence-corrected chi connectivity index (χ1v) is 8.02. The highest BCUT2D eigenvalue weighted by Gasteiger charge is 2.61. The highest BCUT2D eigenvalue weighted by atomic mass is 19.4. The Balaban J connectivity index is 2.28. The summed E-state index contributed by atoms with van der Waals surface area (Å²) in [4.78, 5) is 12.3. The van der Waals surface area contributed by atoms with E-state index < -0.39 is 40.8 Å². The van der Waals surface area contributed by atoms with Crippen LogP contribution in [0.1, 0.15) is 65.7 Å². The number of ether oxygens (including phenoxy) is 1.